The number of benzene rings is 2. The summed E-state index contributed by atoms with van der Waals surface area (Å²) in [6, 6.07) is 14.3. The Labute approximate surface area is 160 Å². The van der Waals surface area contributed by atoms with Gasteiger partial charge in [0, 0.05) is 32.2 Å². The van der Waals surface area contributed by atoms with Crippen molar-refractivity contribution in [3.05, 3.63) is 65.5 Å². The minimum Gasteiger partial charge on any atom is -0.356 e. The molecule has 3 N–H and O–H groups in total. The van der Waals surface area contributed by atoms with Crippen LogP contribution in [-0.2, 0) is 17.8 Å². The SMILES string of the molecule is CCCC(=O)Nc1ccc(CNC(=NC)NCCc2cccc(F)c2)cc1. The summed E-state index contributed by atoms with van der Waals surface area (Å²) in [6.07, 6.45) is 2.07. The van der Waals surface area contributed by atoms with E-state index in [2.05, 4.69) is 20.9 Å². The fraction of sp³-hybridized carbons (Fsp3) is 0.333. The molecule has 0 aliphatic carbocycles. The van der Waals surface area contributed by atoms with Gasteiger partial charge in [0.2, 0.25) is 5.91 Å². The first kappa shape index (κ1) is 20.4. The van der Waals surface area contributed by atoms with E-state index < -0.39 is 0 Å². The molecular weight excluding hydrogens is 343 g/mol. The lowest BCUT2D eigenvalue weighted by Crippen LogP contribution is -2.37. The molecule has 5 nitrogen and oxygen atoms in total. The third-order valence-corrected chi connectivity index (χ3v) is 3.99. The van der Waals surface area contributed by atoms with Gasteiger partial charge in [-0.3, -0.25) is 9.79 Å². The minimum absolute atomic E-state index is 0.0336. The largest absolute Gasteiger partial charge is 0.356 e. The summed E-state index contributed by atoms with van der Waals surface area (Å²) in [6.45, 7) is 3.25. The predicted molar refractivity (Wildman–Crippen MR) is 108 cm³/mol. The van der Waals surface area contributed by atoms with Crippen LogP contribution in [-0.4, -0.2) is 25.5 Å². The van der Waals surface area contributed by atoms with Gasteiger partial charge in [0.1, 0.15) is 5.82 Å². The number of carbonyl (C=O) groups is 1. The fourth-order valence-corrected chi connectivity index (χ4v) is 2.58. The number of anilines is 1. The van der Waals surface area contributed by atoms with E-state index in [1.165, 1.54) is 6.07 Å². The molecule has 0 saturated carbocycles. The maximum absolute atomic E-state index is 13.2. The van der Waals surface area contributed by atoms with E-state index in [0.717, 1.165) is 23.2 Å². The van der Waals surface area contributed by atoms with Crippen molar-refractivity contribution < 1.29 is 9.18 Å². The Balaban J connectivity index is 1.75. The number of rotatable bonds is 8. The number of aliphatic imine (C=N–C) groups is 1. The van der Waals surface area contributed by atoms with Crippen LogP contribution in [0.1, 0.15) is 30.9 Å². The number of hydrogen-bond acceptors (Lipinski definition) is 2. The van der Waals surface area contributed by atoms with Crippen LogP contribution in [0.2, 0.25) is 0 Å². The zero-order valence-corrected chi connectivity index (χ0v) is 15.9. The number of amides is 1. The molecule has 0 aromatic heterocycles. The van der Waals surface area contributed by atoms with Gasteiger partial charge in [-0.05, 0) is 48.2 Å². The van der Waals surface area contributed by atoms with Crippen molar-refractivity contribution in [2.24, 2.45) is 4.99 Å². The summed E-state index contributed by atoms with van der Waals surface area (Å²) in [5.74, 6) is 0.502. The van der Waals surface area contributed by atoms with Crippen LogP contribution in [0.4, 0.5) is 10.1 Å². The summed E-state index contributed by atoms with van der Waals surface area (Å²) in [5, 5.41) is 9.33. The Morgan fingerprint density at radius 2 is 1.85 bits per heavy atom. The van der Waals surface area contributed by atoms with Crippen molar-refractivity contribution in [3.8, 4) is 0 Å². The predicted octanol–water partition coefficient (Wildman–Crippen LogP) is 3.47. The zero-order chi connectivity index (χ0) is 19.5. The van der Waals surface area contributed by atoms with Crippen molar-refractivity contribution in [3.63, 3.8) is 0 Å². The van der Waals surface area contributed by atoms with E-state index >= 15 is 0 Å². The quantitative estimate of drug-likeness (QED) is 0.492. The molecular formula is C21H27FN4O. The molecule has 0 aliphatic rings. The topological polar surface area (TPSA) is 65.5 Å². The fourth-order valence-electron chi connectivity index (χ4n) is 2.58. The van der Waals surface area contributed by atoms with Gasteiger partial charge >= 0.3 is 0 Å². The first-order valence-corrected chi connectivity index (χ1v) is 9.18. The van der Waals surface area contributed by atoms with Crippen molar-refractivity contribution in [1.82, 2.24) is 10.6 Å². The molecule has 0 atom stereocenters. The minimum atomic E-state index is -0.218. The maximum Gasteiger partial charge on any atom is 0.224 e. The van der Waals surface area contributed by atoms with Gasteiger partial charge in [-0.15, -0.1) is 0 Å². The highest BCUT2D eigenvalue weighted by atomic mass is 19.1. The van der Waals surface area contributed by atoms with Crippen LogP contribution in [0.5, 0.6) is 0 Å². The Bertz CT molecular complexity index is 759. The van der Waals surface area contributed by atoms with Crippen LogP contribution in [0.15, 0.2) is 53.5 Å². The second kappa shape index (κ2) is 11.0. The highest BCUT2D eigenvalue weighted by molar-refractivity contribution is 5.90. The molecule has 0 aliphatic heterocycles. The van der Waals surface area contributed by atoms with Crippen LogP contribution in [0.25, 0.3) is 0 Å². The van der Waals surface area contributed by atoms with E-state index in [0.29, 0.717) is 31.9 Å². The van der Waals surface area contributed by atoms with Gasteiger partial charge in [0.15, 0.2) is 5.96 Å². The average Bonchev–Trinajstić information content (AvgIpc) is 2.66. The molecule has 6 heteroatoms. The summed E-state index contributed by atoms with van der Waals surface area (Å²) in [5.41, 5.74) is 2.82. The number of nitrogens with one attached hydrogen (secondary N) is 3. The van der Waals surface area contributed by atoms with E-state index in [1.54, 1.807) is 19.2 Å². The molecule has 2 aromatic carbocycles. The molecule has 0 unspecified atom stereocenters. The van der Waals surface area contributed by atoms with E-state index in [-0.39, 0.29) is 11.7 Å². The Kier molecular flexibility index (Phi) is 8.29. The van der Waals surface area contributed by atoms with Crippen LogP contribution < -0.4 is 16.0 Å². The third-order valence-electron chi connectivity index (χ3n) is 3.99. The highest BCUT2D eigenvalue weighted by Gasteiger charge is 2.02. The van der Waals surface area contributed by atoms with Crippen molar-refractivity contribution >= 4 is 17.6 Å². The number of halogens is 1. The van der Waals surface area contributed by atoms with E-state index in [1.807, 2.05) is 37.3 Å². The number of guanidine groups is 1. The molecule has 0 saturated heterocycles. The second-order valence-electron chi connectivity index (χ2n) is 6.23. The lowest BCUT2D eigenvalue weighted by molar-refractivity contribution is -0.116. The maximum atomic E-state index is 13.2. The summed E-state index contributed by atoms with van der Waals surface area (Å²) < 4.78 is 13.2. The average molecular weight is 370 g/mol. The van der Waals surface area contributed by atoms with Gasteiger partial charge in [-0.25, -0.2) is 4.39 Å². The molecule has 0 spiro atoms. The third kappa shape index (κ3) is 7.48. The molecule has 2 rings (SSSR count). The number of nitrogens with zero attached hydrogens (tertiary/aromatic N) is 1. The first-order valence-electron chi connectivity index (χ1n) is 9.18. The molecule has 0 radical (unpaired) electrons. The van der Waals surface area contributed by atoms with E-state index in [4.69, 9.17) is 0 Å². The lowest BCUT2D eigenvalue weighted by Gasteiger charge is -2.12. The van der Waals surface area contributed by atoms with Crippen LogP contribution in [0, 0.1) is 5.82 Å². The highest BCUT2D eigenvalue weighted by Crippen LogP contribution is 2.10. The first-order chi connectivity index (χ1) is 13.1. The number of carbonyl (C=O) groups excluding carboxylic acids is 1. The standard InChI is InChI=1S/C21H27FN4O/c1-3-5-20(27)26-19-10-8-17(9-11-19)15-25-21(23-2)24-13-12-16-6-4-7-18(22)14-16/h4,6-11,14H,3,5,12-13,15H2,1-2H3,(H,26,27)(H2,23,24,25). The van der Waals surface area contributed by atoms with Crippen LogP contribution in [0.3, 0.4) is 0 Å². The van der Waals surface area contributed by atoms with Crippen molar-refractivity contribution in [2.75, 3.05) is 18.9 Å². The van der Waals surface area contributed by atoms with Gasteiger partial charge in [-0.2, -0.15) is 0 Å². The van der Waals surface area contributed by atoms with Gasteiger partial charge < -0.3 is 16.0 Å². The van der Waals surface area contributed by atoms with Crippen LogP contribution >= 0.6 is 0 Å². The Hall–Kier alpha value is -2.89. The van der Waals surface area contributed by atoms with Gasteiger partial charge in [-0.1, -0.05) is 31.2 Å². The number of hydrogen-bond donors (Lipinski definition) is 3. The molecule has 0 fully saturated rings. The Morgan fingerprint density at radius 1 is 1.07 bits per heavy atom. The monoisotopic (exact) mass is 370 g/mol. The molecule has 2 aromatic rings. The normalized spacial score (nSPS) is 11.1. The second-order valence-corrected chi connectivity index (χ2v) is 6.23. The van der Waals surface area contributed by atoms with E-state index in [9.17, 15) is 9.18 Å². The molecule has 27 heavy (non-hydrogen) atoms. The van der Waals surface area contributed by atoms with Crippen molar-refractivity contribution in [1.29, 1.82) is 0 Å². The molecule has 0 bridgehead atoms. The summed E-state index contributed by atoms with van der Waals surface area (Å²) in [4.78, 5) is 15.8. The van der Waals surface area contributed by atoms with Gasteiger partial charge in [0.25, 0.3) is 0 Å². The lowest BCUT2D eigenvalue weighted by atomic mass is 10.1. The summed E-state index contributed by atoms with van der Waals surface area (Å²) in [7, 11) is 1.71. The molecule has 1 amide bonds. The zero-order valence-electron chi connectivity index (χ0n) is 15.9. The van der Waals surface area contributed by atoms with Gasteiger partial charge in [0.05, 0.1) is 0 Å². The summed E-state index contributed by atoms with van der Waals surface area (Å²) >= 11 is 0. The molecule has 0 heterocycles. The Morgan fingerprint density at radius 3 is 2.52 bits per heavy atom. The van der Waals surface area contributed by atoms with Crippen molar-refractivity contribution in [2.45, 2.75) is 32.7 Å². The molecule has 144 valence electrons. The smallest absolute Gasteiger partial charge is 0.224 e.